The lowest BCUT2D eigenvalue weighted by Gasteiger charge is -2.50. The van der Waals surface area contributed by atoms with Crippen molar-refractivity contribution >= 4 is 15.9 Å². The van der Waals surface area contributed by atoms with E-state index in [-0.39, 0.29) is 0 Å². The molecule has 0 radical (unpaired) electrons. The van der Waals surface area contributed by atoms with Crippen LogP contribution in [-0.4, -0.2) is 4.83 Å². The topological polar surface area (TPSA) is 0 Å². The minimum absolute atomic E-state index is 0.838. The molecule has 6 atom stereocenters. The molecule has 3 aliphatic rings. The molecule has 0 aromatic rings. The highest BCUT2D eigenvalue weighted by Gasteiger charge is 2.43. The average molecular weight is 369 g/mol. The Balaban J connectivity index is 1.43. The van der Waals surface area contributed by atoms with E-state index in [9.17, 15) is 0 Å². The molecule has 4 unspecified atom stereocenters. The van der Waals surface area contributed by atoms with Crippen LogP contribution in [0.2, 0.25) is 0 Å². The van der Waals surface area contributed by atoms with Crippen molar-refractivity contribution in [3.05, 3.63) is 0 Å². The standard InChI is InChI=1S/C21H37Br/c1-2-3-4-5-6-7-16-8-12-20-17(14-16)9-10-18-15-19(22)11-13-21(18)20/h16-21H,2-15H2,1H3/t16-,17?,18?,19-,20?,21?/m1/s1. The van der Waals surface area contributed by atoms with Crippen molar-refractivity contribution in [2.75, 3.05) is 0 Å². The first-order valence-electron chi connectivity index (χ1n) is 10.4. The molecule has 3 rings (SSSR count). The van der Waals surface area contributed by atoms with E-state index >= 15 is 0 Å². The Hall–Kier alpha value is 0.480. The quantitative estimate of drug-likeness (QED) is 0.339. The Morgan fingerprint density at radius 1 is 0.727 bits per heavy atom. The van der Waals surface area contributed by atoms with E-state index < -0.39 is 0 Å². The number of hydrogen-bond acceptors (Lipinski definition) is 0. The summed E-state index contributed by atoms with van der Waals surface area (Å²) in [5.41, 5.74) is 0. The molecule has 22 heavy (non-hydrogen) atoms. The maximum atomic E-state index is 3.89. The maximum Gasteiger partial charge on any atom is 0.0148 e. The summed E-state index contributed by atoms with van der Waals surface area (Å²) in [6.45, 7) is 2.32. The van der Waals surface area contributed by atoms with Gasteiger partial charge in [-0.3, -0.25) is 0 Å². The summed E-state index contributed by atoms with van der Waals surface area (Å²) in [4.78, 5) is 0.838. The molecule has 0 nitrogen and oxygen atoms in total. The van der Waals surface area contributed by atoms with Crippen LogP contribution in [0.1, 0.15) is 96.8 Å². The lowest BCUT2D eigenvalue weighted by Crippen LogP contribution is -2.41. The molecule has 0 heterocycles. The van der Waals surface area contributed by atoms with Gasteiger partial charge in [0.25, 0.3) is 0 Å². The van der Waals surface area contributed by atoms with Crippen LogP contribution in [0.3, 0.4) is 0 Å². The van der Waals surface area contributed by atoms with E-state index in [1.54, 1.807) is 38.5 Å². The van der Waals surface area contributed by atoms with Crippen LogP contribution < -0.4 is 0 Å². The lowest BCUT2D eigenvalue weighted by molar-refractivity contribution is 0.0119. The van der Waals surface area contributed by atoms with Gasteiger partial charge in [-0.05, 0) is 74.5 Å². The molecule has 128 valence electrons. The average Bonchev–Trinajstić information content (AvgIpc) is 2.54. The van der Waals surface area contributed by atoms with E-state index in [0.29, 0.717) is 0 Å². The van der Waals surface area contributed by atoms with Crippen molar-refractivity contribution in [1.29, 1.82) is 0 Å². The van der Waals surface area contributed by atoms with Gasteiger partial charge in [0, 0.05) is 4.83 Å². The number of unbranched alkanes of at least 4 members (excludes halogenated alkanes) is 4. The highest BCUT2D eigenvalue weighted by molar-refractivity contribution is 9.09. The summed E-state index contributed by atoms with van der Waals surface area (Å²) >= 11 is 3.89. The molecule has 0 aromatic carbocycles. The number of alkyl halides is 1. The first-order chi connectivity index (χ1) is 10.8. The van der Waals surface area contributed by atoms with E-state index in [4.69, 9.17) is 0 Å². The van der Waals surface area contributed by atoms with Crippen LogP contribution in [0.25, 0.3) is 0 Å². The van der Waals surface area contributed by atoms with Crippen LogP contribution >= 0.6 is 15.9 Å². The first kappa shape index (κ1) is 17.3. The zero-order chi connectivity index (χ0) is 15.4. The lowest BCUT2D eigenvalue weighted by atomic mass is 9.56. The van der Waals surface area contributed by atoms with Crippen molar-refractivity contribution in [2.24, 2.45) is 29.6 Å². The fourth-order valence-electron chi connectivity index (χ4n) is 6.13. The van der Waals surface area contributed by atoms with Gasteiger partial charge in [-0.15, -0.1) is 0 Å². The summed E-state index contributed by atoms with van der Waals surface area (Å²) in [6, 6.07) is 0. The van der Waals surface area contributed by atoms with Gasteiger partial charge >= 0.3 is 0 Å². The molecule has 3 saturated carbocycles. The normalized spacial score (nSPS) is 41.7. The van der Waals surface area contributed by atoms with Gasteiger partial charge < -0.3 is 0 Å². The third kappa shape index (κ3) is 4.31. The second-order valence-electron chi connectivity index (χ2n) is 8.72. The van der Waals surface area contributed by atoms with E-state index in [0.717, 1.165) is 34.4 Å². The van der Waals surface area contributed by atoms with Gasteiger partial charge in [0.15, 0.2) is 0 Å². The minimum Gasteiger partial charge on any atom is -0.0891 e. The molecule has 3 fully saturated rings. The molecule has 0 amide bonds. The minimum atomic E-state index is 0.838. The molecule has 0 spiro atoms. The number of fused-ring (bicyclic) bond motifs is 3. The number of rotatable bonds is 6. The summed E-state index contributed by atoms with van der Waals surface area (Å²) in [5.74, 6) is 5.51. The molecule has 0 saturated heterocycles. The Labute approximate surface area is 147 Å². The second kappa shape index (κ2) is 8.54. The molecule has 3 aliphatic carbocycles. The largest absolute Gasteiger partial charge is 0.0891 e. The molecule has 0 N–H and O–H groups in total. The summed E-state index contributed by atoms with van der Waals surface area (Å²) in [7, 11) is 0. The highest BCUT2D eigenvalue weighted by atomic mass is 79.9. The van der Waals surface area contributed by atoms with Gasteiger partial charge in [-0.1, -0.05) is 67.8 Å². The third-order valence-electron chi connectivity index (χ3n) is 7.30. The van der Waals surface area contributed by atoms with Crippen molar-refractivity contribution in [3.63, 3.8) is 0 Å². The Morgan fingerprint density at radius 2 is 1.41 bits per heavy atom. The van der Waals surface area contributed by atoms with E-state index in [2.05, 4.69) is 22.9 Å². The van der Waals surface area contributed by atoms with Gasteiger partial charge in [-0.2, -0.15) is 0 Å². The Bertz CT molecular complexity index is 326. The fourth-order valence-corrected chi connectivity index (χ4v) is 6.88. The molecule has 1 heteroatoms. The summed E-state index contributed by atoms with van der Waals surface area (Å²) in [5, 5.41) is 0. The van der Waals surface area contributed by atoms with Gasteiger partial charge in [0.1, 0.15) is 0 Å². The van der Waals surface area contributed by atoms with Crippen LogP contribution in [-0.2, 0) is 0 Å². The zero-order valence-electron chi connectivity index (χ0n) is 14.7. The molecule has 0 aliphatic heterocycles. The maximum absolute atomic E-state index is 3.89. The predicted octanol–water partition coefficient (Wildman–Crippen LogP) is 7.35. The van der Waals surface area contributed by atoms with E-state index in [1.165, 1.54) is 51.4 Å². The molecular formula is C21H37Br. The fraction of sp³-hybridized carbons (Fsp3) is 1.00. The van der Waals surface area contributed by atoms with Gasteiger partial charge in [0.2, 0.25) is 0 Å². The van der Waals surface area contributed by atoms with Crippen molar-refractivity contribution < 1.29 is 0 Å². The van der Waals surface area contributed by atoms with Crippen molar-refractivity contribution in [1.82, 2.24) is 0 Å². The molecular weight excluding hydrogens is 332 g/mol. The second-order valence-corrected chi connectivity index (χ2v) is 10.0. The monoisotopic (exact) mass is 368 g/mol. The number of halogens is 1. The van der Waals surface area contributed by atoms with E-state index in [1.807, 2.05) is 0 Å². The Kier molecular flexibility index (Phi) is 6.72. The van der Waals surface area contributed by atoms with Crippen LogP contribution in [0.4, 0.5) is 0 Å². The van der Waals surface area contributed by atoms with Crippen molar-refractivity contribution in [2.45, 2.75) is 102 Å². The smallest absolute Gasteiger partial charge is 0.0148 e. The van der Waals surface area contributed by atoms with Gasteiger partial charge in [-0.25, -0.2) is 0 Å². The molecule has 0 aromatic heterocycles. The zero-order valence-corrected chi connectivity index (χ0v) is 16.3. The van der Waals surface area contributed by atoms with Crippen LogP contribution in [0, 0.1) is 29.6 Å². The summed E-state index contributed by atoms with van der Waals surface area (Å²) < 4.78 is 0. The predicted molar refractivity (Wildman–Crippen MR) is 100 cm³/mol. The summed E-state index contributed by atoms with van der Waals surface area (Å²) in [6.07, 6.45) is 21.2. The number of hydrogen-bond donors (Lipinski definition) is 0. The SMILES string of the molecule is CCCCCCC[C@@H]1CCC2C(CCC3C[C@H](Br)CCC32)C1. The molecule has 0 bridgehead atoms. The highest BCUT2D eigenvalue weighted by Crippen LogP contribution is 2.53. The Morgan fingerprint density at radius 3 is 2.18 bits per heavy atom. The third-order valence-corrected chi connectivity index (χ3v) is 8.13. The van der Waals surface area contributed by atoms with Crippen LogP contribution in [0.15, 0.2) is 0 Å². The first-order valence-corrected chi connectivity index (χ1v) is 11.3. The van der Waals surface area contributed by atoms with Gasteiger partial charge in [0.05, 0.1) is 0 Å². The van der Waals surface area contributed by atoms with Crippen molar-refractivity contribution in [3.8, 4) is 0 Å². The van der Waals surface area contributed by atoms with Crippen LogP contribution in [0.5, 0.6) is 0 Å².